The highest BCUT2D eigenvalue weighted by Crippen LogP contribution is 2.68. The summed E-state index contributed by atoms with van der Waals surface area (Å²) in [5, 5.41) is 33.7. The van der Waals surface area contributed by atoms with E-state index < -0.39 is 28.1 Å². The lowest BCUT2D eigenvalue weighted by Gasteiger charge is -2.63. The molecule has 0 spiro atoms. The molecule has 0 radical (unpaired) electrons. The summed E-state index contributed by atoms with van der Waals surface area (Å²) in [6, 6.07) is -0.0855. The standard InChI is InChI=1S/C31H53NO8S/c1-19(4-7-28(36)32(12-15-41(37,38)39)21-9-13-40-14-10-21)23-5-6-24-29-25(18-27(35)31(23,24)3)30(2)11-8-22(33)16-20(30)17-26(29)34/h19-27,29,33-35H,4-18H2,1-3H3,(H,37,38,39)/t19-,20+,22-,23-,24+,25+,26-,27+,29+,30+,31-/m1/s1. The highest BCUT2D eigenvalue weighted by atomic mass is 32.2. The van der Waals surface area contributed by atoms with Gasteiger partial charge in [-0.2, -0.15) is 8.42 Å². The van der Waals surface area contributed by atoms with Gasteiger partial charge in [0.05, 0.1) is 24.1 Å². The second kappa shape index (κ2) is 12.0. The molecule has 0 unspecified atom stereocenters. The molecule has 1 amide bonds. The summed E-state index contributed by atoms with van der Waals surface area (Å²) in [7, 11) is -4.18. The predicted octanol–water partition coefficient (Wildman–Crippen LogP) is 3.26. The third-order valence-corrected chi connectivity index (χ3v) is 13.6. The molecule has 0 aromatic rings. The Morgan fingerprint density at radius 3 is 2.39 bits per heavy atom. The molecule has 9 nitrogen and oxygen atoms in total. The molecule has 4 saturated carbocycles. The molecule has 1 saturated heterocycles. The second-order valence-electron chi connectivity index (χ2n) is 14.8. The first kappa shape index (κ1) is 31.6. The minimum atomic E-state index is -4.18. The van der Waals surface area contributed by atoms with Crippen LogP contribution in [0.25, 0.3) is 0 Å². The van der Waals surface area contributed by atoms with Crippen molar-refractivity contribution >= 4 is 16.0 Å². The van der Waals surface area contributed by atoms with Crippen LogP contribution in [0.5, 0.6) is 0 Å². The molecule has 11 atom stereocenters. The highest BCUT2D eigenvalue weighted by Gasteiger charge is 2.65. The molecule has 1 aliphatic heterocycles. The molecule has 5 fully saturated rings. The molecule has 0 bridgehead atoms. The highest BCUT2D eigenvalue weighted by molar-refractivity contribution is 7.85. The molecule has 0 aromatic carbocycles. The van der Waals surface area contributed by atoms with E-state index in [0.29, 0.717) is 51.2 Å². The van der Waals surface area contributed by atoms with Crippen LogP contribution >= 0.6 is 0 Å². The Morgan fingerprint density at radius 2 is 1.71 bits per heavy atom. The zero-order valence-electron chi connectivity index (χ0n) is 25.2. The monoisotopic (exact) mass is 599 g/mol. The van der Waals surface area contributed by atoms with Gasteiger partial charge in [-0.25, -0.2) is 0 Å². The van der Waals surface area contributed by atoms with E-state index in [0.717, 1.165) is 38.5 Å². The van der Waals surface area contributed by atoms with Crippen molar-refractivity contribution in [3.63, 3.8) is 0 Å². The fraction of sp³-hybridized carbons (Fsp3) is 0.968. The van der Waals surface area contributed by atoms with Crippen molar-refractivity contribution in [3.8, 4) is 0 Å². The SMILES string of the molecule is C[C@H](CCC(=O)N(CCS(=O)(=O)O)C1CCOCC1)[C@H]1CC[C@H]2[C@@H]3[C@H](O)C[C@@H]4C[C@H](O)CC[C@]4(C)[C@H]3C[C@H](O)[C@]12C. The summed E-state index contributed by atoms with van der Waals surface area (Å²) in [5.74, 6) is 0.796. The van der Waals surface area contributed by atoms with Crippen LogP contribution in [-0.2, 0) is 19.6 Å². The maximum atomic E-state index is 13.4. The molecule has 10 heteroatoms. The number of nitrogens with zero attached hydrogens (tertiary/aromatic N) is 1. The van der Waals surface area contributed by atoms with Gasteiger partial charge in [-0.1, -0.05) is 20.8 Å². The van der Waals surface area contributed by atoms with Gasteiger partial charge in [0.25, 0.3) is 10.1 Å². The number of aliphatic hydroxyl groups is 3. The molecule has 1 heterocycles. The lowest BCUT2D eigenvalue weighted by Crippen LogP contribution is -2.62. The van der Waals surface area contributed by atoms with Gasteiger partial charge in [0.15, 0.2) is 0 Å². The van der Waals surface area contributed by atoms with Crippen LogP contribution in [0.3, 0.4) is 0 Å². The number of aliphatic hydroxyl groups excluding tert-OH is 3. The van der Waals surface area contributed by atoms with E-state index >= 15 is 0 Å². The van der Waals surface area contributed by atoms with Gasteiger partial charge in [0.1, 0.15) is 0 Å². The summed E-state index contributed by atoms with van der Waals surface area (Å²) < 4.78 is 37.7. The van der Waals surface area contributed by atoms with E-state index in [1.165, 1.54) is 0 Å². The van der Waals surface area contributed by atoms with Gasteiger partial charge < -0.3 is 25.0 Å². The number of hydrogen-bond donors (Lipinski definition) is 4. The predicted molar refractivity (Wildman–Crippen MR) is 154 cm³/mol. The maximum absolute atomic E-state index is 13.4. The summed E-state index contributed by atoms with van der Waals surface area (Å²) >= 11 is 0. The molecule has 236 valence electrons. The fourth-order valence-electron chi connectivity index (χ4n) is 10.5. The number of ether oxygens (including phenoxy) is 1. The van der Waals surface area contributed by atoms with Crippen molar-refractivity contribution in [1.29, 1.82) is 0 Å². The molecule has 0 aromatic heterocycles. The molecule has 4 aliphatic carbocycles. The number of fused-ring (bicyclic) bond motifs is 5. The van der Waals surface area contributed by atoms with E-state index in [1.807, 2.05) is 0 Å². The van der Waals surface area contributed by atoms with E-state index in [4.69, 9.17) is 4.74 Å². The zero-order valence-corrected chi connectivity index (χ0v) is 26.0. The Hall–Kier alpha value is -0.780. The maximum Gasteiger partial charge on any atom is 0.266 e. The quantitative estimate of drug-likeness (QED) is 0.311. The zero-order chi connectivity index (χ0) is 29.7. The summed E-state index contributed by atoms with van der Waals surface area (Å²) in [6.07, 6.45) is 6.96. The number of hydrogen-bond acceptors (Lipinski definition) is 7. The molecule has 5 aliphatic rings. The number of rotatable bonds is 8. The van der Waals surface area contributed by atoms with Gasteiger partial charge in [-0.05, 0) is 111 Å². The van der Waals surface area contributed by atoms with Crippen molar-refractivity contribution in [3.05, 3.63) is 0 Å². The van der Waals surface area contributed by atoms with Gasteiger partial charge in [0, 0.05) is 32.2 Å². The number of carbonyl (C=O) groups excluding carboxylic acids is 1. The van der Waals surface area contributed by atoms with Crippen molar-refractivity contribution in [2.75, 3.05) is 25.5 Å². The smallest absolute Gasteiger partial charge is 0.266 e. The molecule has 4 N–H and O–H groups in total. The minimum absolute atomic E-state index is 0.0175. The first-order valence-corrected chi connectivity index (χ1v) is 17.7. The minimum Gasteiger partial charge on any atom is -0.393 e. The first-order chi connectivity index (χ1) is 19.3. The van der Waals surface area contributed by atoms with E-state index in [9.17, 15) is 33.1 Å². The largest absolute Gasteiger partial charge is 0.393 e. The molecular weight excluding hydrogens is 546 g/mol. The third kappa shape index (κ3) is 5.99. The molecular formula is C31H53NO8S. The van der Waals surface area contributed by atoms with Crippen LogP contribution < -0.4 is 0 Å². The van der Waals surface area contributed by atoms with Crippen LogP contribution in [0.15, 0.2) is 0 Å². The Balaban J connectivity index is 1.27. The third-order valence-electron chi connectivity index (χ3n) is 12.9. The lowest BCUT2D eigenvalue weighted by molar-refractivity contribution is -0.207. The van der Waals surface area contributed by atoms with Crippen molar-refractivity contribution in [2.45, 2.75) is 116 Å². The van der Waals surface area contributed by atoms with Crippen LogP contribution in [0, 0.1) is 46.3 Å². The van der Waals surface area contributed by atoms with E-state index in [2.05, 4.69) is 20.8 Å². The Labute approximate surface area is 246 Å². The fourth-order valence-corrected chi connectivity index (χ4v) is 11.0. The second-order valence-corrected chi connectivity index (χ2v) is 16.3. The average Bonchev–Trinajstić information content (AvgIpc) is 3.27. The van der Waals surface area contributed by atoms with Crippen LogP contribution in [0.4, 0.5) is 0 Å². The van der Waals surface area contributed by atoms with Crippen molar-refractivity contribution in [2.24, 2.45) is 46.3 Å². The molecule has 41 heavy (non-hydrogen) atoms. The molecule has 5 rings (SSSR count). The first-order valence-electron chi connectivity index (χ1n) is 16.1. The Kier molecular flexibility index (Phi) is 9.23. The normalized spacial score (nSPS) is 44.0. The topological polar surface area (TPSA) is 145 Å². The number of amides is 1. The van der Waals surface area contributed by atoms with Gasteiger partial charge >= 0.3 is 0 Å². The average molecular weight is 600 g/mol. The van der Waals surface area contributed by atoms with Crippen LogP contribution in [0.1, 0.15) is 91.4 Å². The van der Waals surface area contributed by atoms with E-state index in [1.54, 1.807) is 4.90 Å². The van der Waals surface area contributed by atoms with Crippen LogP contribution in [-0.4, -0.2) is 89.0 Å². The van der Waals surface area contributed by atoms with Crippen molar-refractivity contribution in [1.82, 2.24) is 4.90 Å². The van der Waals surface area contributed by atoms with Crippen molar-refractivity contribution < 1.29 is 37.8 Å². The lowest BCUT2D eigenvalue weighted by atomic mass is 9.43. The van der Waals surface area contributed by atoms with Crippen LogP contribution in [0.2, 0.25) is 0 Å². The van der Waals surface area contributed by atoms with E-state index in [-0.39, 0.29) is 65.0 Å². The summed E-state index contributed by atoms with van der Waals surface area (Å²) in [6.45, 7) is 7.79. The summed E-state index contributed by atoms with van der Waals surface area (Å²) in [4.78, 5) is 15.1. The van der Waals surface area contributed by atoms with Gasteiger partial charge in [-0.3, -0.25) is 9.35 Å². The Bertz CT molecular complexity index is 1050. The summed E-state index contributed by atoms with van der Waals surface area (Å²) in [5.41, 5.74) is -0.287. The Morgan fingerprint density at radius 1 is 1.00 bits per heavy atom. The van der Waals surface area contributed by atoms with Gasteiger partial charge in [-0.15, -0.1) is 0 Å². The number of carbonyl (C=O) groups is 1. The van der Waals surface area contributed by atoms with Gasteiger partial charge in [0.2, 0.25) is 5.91 Å².